The van der Waals surface area contributed by atoms with E-state index in [1.54, 1.807) is 54.6 Å². The molecular formula is C20H18BrN3O6S. The zero-order valence-electron chi connectivity index (χ0n) is 16.0. The number of carbonyl (C=O) groups is 2. The number of nitrogens with two attached hydrogens (primary N) is 1. The van der Waals surface area contributed by atoms with Gasteiger partial charge in [0, 0.05) is 6.20 Å². The Hall–Kier alpha value is -3.15. The third-order valence-corrected chi connectivity index (χ3v) is 6.18. The third-order valence-electron chi connectivity index (χ3n) is 4.09. The lowest BCUT2D eigenvalue weighted by atomic mass is 10.2. The first-order valence-electron chi connectivity index (χ1n) is 8.90. The predicted molar refractivity (Wildman–Crippen MR) is 115 cm³/mol. The average Bonchev–Trinajstić information content (AvgIpc) is 3.19. The molecular weight excluding hydrogens is 490 g/mol. The standard InChI is InChI=1S/C20H18BrN3O6S/c21-17-11-12-23(18(17)19(25)29-13-15-7-3-1-4-8-15)31(27,28)24(22)20(26)30-14-16-9-5-2-6-10-16/h1-12H,13-14,22H2. The number of hydrazine groups is 1. The van der Waals surface area contributed by atoms with E-state index in [2.05, 4.69) is 15.9 Å². The molecule has 0 aliphatic rings. The molecule has 1 aromatic heterocycles. The minimum absolute atomic E-state index is 0.0667. The Morgan fingerprint density at radius 2 is 1.42 bits per heavy atom. The lowest BCUT2D eigenvalue weighted by molar-refractivity contribution is 0.0462. The highest BCUT2D eigenvalue weighted by Crippen LogP contribution is 2.22. The van der Waals surface area contributed by atoms with Gasteiger partial charge in [-0.3, -0.25) is 0 Å². The first-order chi connectivity index (χ1) is 14.8. The number of ether oxygens (including phenoxy) is 2. The zero-order chi connectivity index (χ0) is 22.4. The Labute approximate surface area is 187 Å². The van der Waals surface area contributed by atoms with Gasteiger partial charge in [-0.2, -0.15) is 8.42 Å². The van der Waals surface area contributed by atoms with Crippen molar-refractivity contribution < 1.29 is 27.5 Å². The Balaban J connectivity index is 1.74. The van der Waals surface area contributed by atoms with E-state index in [-0.39, 0.29) is 27.8 Å². The summed E-state index contributed by atoms with van der Waals surface area (Å²) in [6.45, 7) is -0.243. The molecule has 0 atom stereocenters. The van der Waals surface area contributed by atoms with E-state index >= 15 is 0 Å². The Morgan fingerprint density at radius 1 is 0.903 bits per heavy atom. The second-order valence-electron chi connectivity index (χ2n) is 6.21. The molecule has 1 amide bonds. The van der Waals surface area contributed by atoms with Gasteiger partial charge in [0.05, 0.1) is 4.47 Å². The lowest BCUT2D eigenvalue weighted by Crippen LogP contribution is -2.46. The summed E-state index contributed by atoms with van der Waals surface area (Å²) in [5.41, 5.74) is 1.02. The molecule has 0 aliphatic heterocycles. The van der Waals surface area contributed by atoms with Crippen LogP contribution in [0.5, 0.6) is 0 Å². The second-order valence-corrected chi connectivity index (χ2v) is 8.75. The monoisotopic (exact) mass is 507 g/mol. The SMILES string of the molecule is NN(C(=O)OCc1ccccc1)S(=O)(=O)n1ccc(Br)c1C(=O)OCc1ccccc1. The molecule has 0 fully saturated rings. The van der Waals surface area contributed by atoms with Gasteiger partial charge in [0.1, 0.15) is 13.2 Å². The van der Waals surface area contributed by atoms with Crippen molar-refractivity contribution in [2.24, 2.45) is 5.84 Å². The van der Waals surface area contributed by atoms with Gasteiger partial charge in [0.25, 0.3) is 0 Å². The van der Waals surface area contributed by atoms with Crippen molar-refractivity contribution in [3.8, 4) is 0 Å². The summed E-state index contributed by atoms with van der Waals surface area (Å²) in [5.74, 6) is 4.60. The maximum Gasteiger partial charge on any atom is 0.440 e. The average molecular weight is 508 g/mol. The number of esters is 1. The van der Waals surface area contributed by atoms with E-state index < -0.39 is 22.3 Å². The van der Waals surface area contributed by atoms with Crippen LogP contribution in [-0.4, -0.2) is 28.9 Å². The van der Waals surface area contributed by atoms with Gasteiger partial charge in [-0.15, -0.1) is 4.41 Å². The fourth-order valence-corrected chi connectivity index (χ4v) is 4.17. The van der Waals surface area contributed by atoms with Crippen LogP contribution < -0.4 is 5.84 Å². The molecule has 1 heterocycles. The molecule has 3 rings (SSSR count). The van der Waals surface area contributed by atoms with Crippen LogP contribution in [0.3, 0.4) is 0 Å². The van der Waals surface area contributed by atoms with E-state index in [9.17, 15) is 18.0 Å². The number of nitrogens with zero attached hydrogens (tertiary/aromatic N) is 2. The molecule has 31 heavy (non-hydrogen) atoms. The van der Waals surface area contributed by atoms with E-state index in [4.69, 9.17) is 15.3 Å². The Morgan fingerprint density at radius 3 is 1.97 bits per heavy atom. The van der Waals surface area contributed by atoms with Gasteiger partial charge >= 0.3 is 22.3 Å². The smallest absolute Gasteiger partial charge is 0.440 e. The van der Waals surface area contributed by atoms with Crippen LogP contribution in [0.1, 0.15) is 21.6 Å². The maximum atomic E-state index is 12.8. The molecule has 11 heteroatoms. The molecule has 9 nitrogen and oxygen atoms in total. The second kappa shape index (κ2) is 9.77. The summed E-state index contributed by atoms with van der Waals surface area (Å²) in [7, 11) is -4.66. The summed E-state index contributed by atoms with van der Waals surface area (Å²) >= 11 is 3.12. The highest BCUT2D eigenvalue weighted by Gasteiger charge is 2.32. The van der Waals surface area contributed by atoms with Crippen molar-refractivity contribution in [1.82, 2.24) is 8.39 Å². The molecule has 2 N–H and O–H groups in total. The van der Waals surface area contributed by atoms with Crippen LogP contribution in [0.25, 0.3) is 0 Å². The van der Waals surface area contributed by atoms with Crippen molar-refractivity contribution in [2.45, 2.75) is 13.2 Å². The van der Waals surface area contributed by atoms with Crippen molar-refractivity contribution in [1.29, 1.82) is 0 Å². The first-order valence-corrected chi connectivity index (χ1v) is 11.1. The number of benzene rings is 2. The van der Waals surface area contributed by atoms with Crippen LogP contribution in [0.4, 0.5) is 4.79 Å². The topological polar surface area (TPSA) is 121 Å². The van der Waals surface area contributed by atoms with Crippen molar-refractivity contribution in [2.75, 3.05) is 0 Å². The summed E-state index contributed by atoms with van der Waals surface area (Å²) in [6.07, 6.45) is -0.236. The number of amides is 1. The Bertz CT molecular complexity index is 1170. The molecule has 3 aromatic rings. The van der Waals surface area contributed by atoms with E-state index in [1.807, 2.05) is 6.07 Å². The van der Waals surface area contributed by atoms with Gasteiger partial charge < -0.3 is 9.47 Å². The van der Waals surface area contributed by atoms with Crippen LogP contribution in [-0.2, 0) is 32.9 Å². The normalized spacial score (nSPS) is 11.0. The maximum absolute atomic E-state index is 12.8. The molecule has 2 aromatic carbocycles. The highest BCUT2D eigenvalue weighted by atomic mass is 79.9. The lowest BCUT2D eigenvalue weighted by Gasteiger charge is -2.18. The zero-order valence-corrected chi connectivity index (χ0v) is 18.5. The quantitative estimate of drug-likeness (QED) is 0.225. The number of carbonyl (C=O) groups excluding carboxylic acids is 2. The van der Waals surface area contributed by atoms with E-state index in [1.165, 1.54) is 6.07 Å². The van der Waals surface area contributed by atoms with Gasteiger partial charge in [-0.25, -0.2) is 19.4 Å². The Kier molecular flexibility index (Phi) is 7.10. The predicted octanol–water partition coefficient (Wildman–Crippen LogP) is 3.21. The van der Waals surface area contributed by atoms with Crippen molar-refractivity contribution in [3.63, 3.8) is 0 Å². The van der Waals surface area contributed by atoms with Gasteiger partial charge in [0.2, 0.25) is 0 Å². The molecule has 0 aliphatic carbocycles. The highest BCUT2D eigenvalue weighted by molar-refractivity contribution is 9.10. The van der Waals surface area contributed by atoms with Gasteiger partial charge in [0.15, 0.2) is 5.69 Å². The number of hydrogen-bond acceptors (Lipinski definition) is 7. The molecule has 0 saturated carbocycles. The van der Waals surface area contributed by atoms with Crippen LogP contribution in [0, 0.1) is 0 Å². The molecule has 0 unspecified atom stereocenters. The number of hydrogen-bond donors (Lipinski definition) is 1. The van der Waals surface area contributed by atoms with E-state index in [0.717, 1.165) is 11.8 Å². The molecule has 0 bridgehead atoms. The first kappa shape index (κ1) is 22.5. The fraction of sp³-hybridized carbons (Fsp3) is 0.100. The molecule has 162 valence electrons. The minimum atomic E-state index is -4.66. The minimum Gasteiger partial charge on any atom is -0.456 e. The van der Waals surface area contributed by atoms with Crippen LogP contribution in [0.15, 0.2) is 77.4 Å². The summed E-state index contributed by atoms with van der Waals surface area (Å²) in [6, 6.07) is 18.9. The fourth-order valence-electron chi connectivity index (χ4n) is 2.53. The molecule has 0 spiro atoms. The van der Waals surface area contributed by atoms with Gasteiger partial charge in [-0.05, 0) is 33.1 Å². The number of aromatic nitrogens is 1. The number of rotatable bonds is 7. The summed E-state index contributed by atoms with van der Waals surface area (Å²) in [5, 5.41) is 0. The summed E-state index contributed by atoms with van der Waals surface area (Å²) < 4.78 is 36.5. The van der Waals surface area contributed by atoms with Crippen molar-refractivity contribution >= 4 is 38.2 Å². The molecule has 0 radical (unpaired) electrons. The van der Waals surface area contributed by atoms with Crippen molar-refractivity contribution in [3.05, 3.63) is 94.2 Å². The van der Waals surface area contributed by atoms with Crippen LogP contribution >= 0.6 is 15.9 Å². The number of halogens is 1. The van der Waals surface area contributed by atoms with Crippen LogP contribution in [0.2, 0.25) is 0 Å². The summed E-state index contributed by atoms with van der Waals surface area (Å²) in [4.78, 5) is 24.8. The van der Waals surface area contributed by atoms with Gasteiger partial charge in [-0.1, -0.05) is 60.7 Å². The third kappa shape index (κ3) is 5.32. The largest absolute Gasteiger partial charge is 0.456 e. The molecule has 0 saturated heterocycles. The van der Waals surface area contributed by atoms with E-state index in [0.29, 0.717) is 9.54 Å².